The van der Waals surface area contributed by atoms with Gasteiger partial charge in [-0.1, -0.05) is 45.2 Å². The molecule has 252 valence electrons. The fourth-order valence-electron chi connectivity index (χ4n) is 8.12. The number of piperidine rings is 1. The first-order chi connectivity index (χ1) is 21.5. The average molecular weight is 628 g/mol. The lowest BCUT2D eigenvalue weighted by Crippen LogP contribution is -2.62. The predicted molar refractivity (Wildman–Crippen MR) is 177 cm³/mol. The van der Waals surface area contributed by atoms with Gasteiger partial charge in [-0.05, 0) is 89.8 Å². The molecule has 2 N–H and O–H groups in total. The molecule has 4 amide bonds. The van der Waals surface area contributed by atoms with Crippen LogP contribution in [0.15, 0.2) is 24.3 Å². The minimum atomic E-state index is -0.779. The van der Waals surface area contributed by atoms with Gasteiger partial charge in [-0.15, -0.1) is 0 Å². The van der Waals surface area contributed by atoms with Gasteiger partial charge in [0.25, 0.3) is 0 Å². The zero-order chi connectivity index (χ0) is 32.7. The maximum absolute atomic E-state index is 14.4. The van der Waals surface area contributed by atoms with Crippen LogP contribution in [-0.4, -0.2) is 88.9 Å². The monoisotopic (exact) mass is 627 g/mol. The van der Waals surface area contributed by atoms with Gasteiger partial charge in [-0.25, -0.2) is 9.18 Å². The molecule has 0 aromatic heterocycles. The van der Waals surface area contributed by atoms with Gasteiger partial charge < -0.3 is 25.3 Å². The van der Waals surface area contributed by atoms with Crippen molar-refractivity contribution in [2.45, 2.75) is 136 Å². The Kier molecular flexibility index (Phi) is 12.3. The minimum absolute atomic E-state index is 0.109. The van der Waals surface area contributed by atoms with Crippen molar-refractivity contribution in [1.82, 2.24) is 25.3 Å². The number of halogens is 1. The summed E-state index contributed by atoms with van der Waals surface area (Å²) in [4.78, 5) is 48.1. The van der Waals surface area contributed by atoms with Gasteiger partial charge in [0.2, 0.25) is 11.8 Å². The molecule has 2 aliphatic heterocycles. The quantitative estimate of drug-likeness (QED) is 0.347. The topological polar surface area (TPSA) is 85.0 Å². The van der Waals surface area contributed by atoms with Crippen LogP contribution < -0.4 is 10.6 Å². The van der Waals surface area contributed by atoms with Crippen LogP contribution in [0.2, 0.25) is 0 Å². The Balaban J connectivity index is 1.54. The van der Waals surface area contributed by atoms with E-state index in [0.717, 1.165) is 44.1 Å². The lowest BCUT2D eigenvalue weighted by Gasteiger charge is -2.50. The number of likely N-dealkylation sites (tertiary alicyclic amines) is 1. The van der Waals surface area contributed by atoms with E-state index < -0.39 is 11.5 Å². The molecule has 3 fully saturated rings. The second kappa shape index (κ2) is 15.7. The van der Waals surface area contributed by atoms with Crippen LogP contribution in [0.5, 0.6) is 0 Å². The van der Waals surface area contributed by atoms with Gasteiger partial charge in [0, 0.05) is 56.8 Å². The number of carbonyl (C=O) groups is 3. The van der Waals surface area contributed by atoms with Gasteiger partial charge in [0.1, 0.15) is 11.9 Å². The average Bonchev–Trinajstić information content (AvgIpc) is 3.04. The van der Waals surface area contributed by atoms with E-state index in [2.05, 4.69) is 57.1 Å². The number of benzene rings is 1. The first-order valence-corrected chi connectivity index (χ1v) is 17.7. The summed E-state index contributed by atoms with van der Waals surface area (Å²) in [5, 5.41) is 6.70. The Morgan fingerprint density at radius 2 is 1.47 bits per heavy atom. The number of nitrogens with zero attached hydrogens (tertiary/aromatic N) is 3. The zero-order valence-electron chi connectivity index (χ0n) is 28.6. The van der Waals surface area contributed by atoms with Crippen LogP contribution in [0.1, 0.15) is 105 Å². The molecule has 9 heteroatoms. The summed E-state index contributed by atoms with van der Waals surface area (Å²) in [6.07, 6.45) is 9.05. The first-order valence-electron chi connectivity index (χ1n) is 17.7. The zero-order valence-corrected chi connectivity index (χ0v) is 28.6. The second-order valence-electron chi connectivity index (χ2n) is 14.3. The number of piperazine rings is 1. The molecule has 4 rings (SSSR count). The Morgan fingerprint density at radius 1 is 0.911 bits per heavy atom. The standard InChI is InChI=1S/C36H58FN5O3/c1-7-30-23-41(24-31(8-2)38-30)35(45)39-32(22-27-14-16-29(37)17-15-27)33(43)40-20-18-36(19-21-40,28-12-10-9-11-13-28)34(44)42(25(3)4)26(5)6/h14-17,25-26,28,30-32,38H,7-13,18-24H2,1-6H3,(H,39,45)/t30?,31?,32-/m1/s1. The number of carbonyl (C=O) groups excluding carboxylic acids is 3. The van der Waals surface area contributed by atoms with E-state index >= 15 is 0 Å². The fourth-order valence-corrected chi connectivity index (χ4v) is 8.12. The number of urea groups is 1. The molecule has 1 saturated carbocycles. The summed E-state index contributed by atoms with van der Waals surface area (Å²) in [6.45, 7) is 14.8. The molecule has 0 radical (unpaired) electrons. The largest absolute Gasteiger partial charge is 0.341 e. The van der Waals surface area contributed by atoms with Crippen LogP contribution in [0.4, 0.5) is 9.18 Å². The van der Waals surface area contributed by atoms with Crippen LogP contribution in [-0.2, 0) is 16.0 Å². The summed E-state index contributed by atoms with van der Waals surface area (Å²) in [5.41, 5.74) is 0.327. The number of rotatable bonds is 10. The third-order valence-corrected chi connectivity index (χ3v) is 10.7. The van der Waals surface area contributed by atoms with Gasteiger partial charge in [0.15, 0.2) is 0 Å². The molecule has 1 aromatic carbocycles. The highest BCUT2D eigenvalue weighted by atomic mass is 19.1. The van der Waals surface area contributed by atoms with Crippen LogP contribution in [0.3, 0.4) is 0 Å². The van der Waals surface area contributed by atoms with Crippen LogP contribution >= 0.6 is 0 Å². The van der Waals surface area contributed by atoms with Crippen molar-refractivity contribution >= 4 is 17.8 Å². The van der Waals surface area contributed by atoms with E-state index in [1.807, 2.05) is 9.80 Å². The summed E-state index contributed by atoms with van der Waals surface area (Å²) < 4.78 is 13.7. The summed E-state index contributed by atoms with van der Waals surface area (Å²) in [5.74, 6) is 0.115. The first kappa shape index (κ1) is 35.2. The minimum Gasteiger partial charge on any atom is -0.341 e. The van der Waals surface area contributed by atoms with Gasteiger partial charge >= 0.3 is 6.03 Å². The Labute approximate surface area is 270 Å². The molecular weight excluding hydrogens is 569 g/mol. The SMILES string of the molecule is CCC1CN(C(=O)N[C@H](Cc2ccc(F)cc2)C(=O)N2CCC(C(=O)N(C(C)C)C(C)C)(C3CCCCC3)CC2)CC(CC)N1. The van der Waals surface area contributed by atoms with Crippen molar-refractivity contribution in [3.63, 3.8) is 0 Å². The highest BCUT2D eigenvalue weighted by Crippen LogP contribution is 2.47. The van der Waals surface area contributed by atoms with Crippen molar-refractivity contribution in [2.24, 2.45) is 11.3 Å². The molecule has 8 nitrogen and oxygen atoms in total. The predicted octanol–water partition coefficient (Wildman–Crippen LogP) is 5.74. The molecule has 1 aromatic rings. The van der Waals surface area contributed by atoms with Gasteiger partial charge in [-0.3, -0.25) is 9.59 Å². The highest BCUT2D eigenvalue weighted by molar-refractivity contribution is 5.88. The van der Waals surface area contributed by atoms with Crippen molar-refractivity contribution in [2.75, 3.05) is 26.2 Å². The second-order valence-corrected chi connectivity index (χ2v) is 14.3. The summed E-state index contributed by atoms with van der Waals surface area (Å²) >= 11 is 0. The van der Waals surface area contributed by atoms with E-state index in [0.29, 0.717) is 44.9 Å². The van der Waals surface area contributed by atoms with E-state index in [9.17, 15) is 18.8 Å². The molecule has 2 saturated heterocycles. The number of hydrogen-bond acceptors (Lipinski definition) is 4. The molecule has 1 aliphatic carbocycles. The normalized spacial score (nSPS) is 23.2. The molecule has 2 heterocycles. The fraction of sp³-hybridized carbons (Fsp3) is 0.750. The Bertz CT molecular complexity index is 1110. The number of hydrogen-bond donors (Lipinski definition) is 2. The lowest BCUT2D eigenvalue weighted by molar-refractivity contribution is -0.157. The third kappa shape index (κ3) is 8.38. The van der Waals surface area contributed by atoms with E-state index in [1.54, 1.807) is 12.1 Å². The maximum Gasteiger partial charge on any atom is 0.318 e. The smallest absolute Gasteiger partial charge is 0.318 e. The molecule has 3 atom stereocenters. The van der Waals surface area contributed by atoms with Crippen molar-refractivity contribution in [1.29, 1.82) is 0 Å². The highest BCUT2D eigenvalue weighted by Gasteiger charge is 2.50. The van der Waals surface area contributed by atoms with Crippen LogP contribution in [0.25, 0.3) is 0 Å². The van der Waals surface area contributed by atoms with Crippen molar-refractivity contribution in [3.05, 3.63) is 35.6 Å². The summed E-state index contributed by atoms with van der Waals surface area (Å²) in [6, 6.07) is 5.79. The number of amides is 4. The van der Waals surface area contributed by atoms with E-state index in [-0.39, 0.29) is 54.3 Å². The van der Waals surface area contributed by atoms with E-state index in [1.165, 1.54) is 18.6 Å². The number of nitrogens with one attached hydrogen (secondary N) is 2. The van der Waals surface area contributed by atoms with E-state index in [4.69, 9.17) is 0 Å². The van der Waals surface area contributed by atoms with Crippen LogP contribution in [0, 0.1) is 17.2 Å². The Hall–Kier alpha value is -2.68. The summed E-state index contributed by atoms with van der Waals surface area (Å²) in [7, 11) is 0. The lowest BCUT2D eigenvalue weighted by atomic mass is 9.62. The Morgan fingerprint density at radius 3 is 1.98 bits per heavy atom. The van der Waals surface area contributed by atoms with Gasteiger partial charge in [0.05, 0.1) is 5.41 Å². The molecular formula is C36H58FN5O3. The molecule has 3 aliphatic rings. The van der Waals surface area contributed by atoms with Crippen molar-refractivity contribution < 1.29 is 18.8 Å². The molecule has 0 spiro atoms. The molecule has 45 heavy (non-hydrogen) atoms. The third-order valence-electron chi connectivity index (χ3n) is 10.7. The maximum atomic E-state index is 14.4. The molecule has 0 bridgehead atoms. The van der Waals surface area contributed by atoms with Gasteiger partial charge in [-0.2, -0.15) is 0 Å². The molecule has 2 unspecified atom stereocenters. The van der Waals surface area contributed by atoms with Crippen molar-refractivity contribution in [3.8, 4) is 0 Å².